The van der Waals surface area contributed by atoms with Gasteiger partial charge in [0.15, 0.2) is 5.82 Å². The van der Waals surface area contributed by atoms with Gasteiger partial charge in [0, 0.05) is 41.4 Å². The molecule has 1 aliphatic rings. The third-order valence-electron chi connectivity index (χ3n) is 4.41. The van der Waals surface area contributed by atoms with Crippen LogP contribution in [0, 0.1) is 5.82 Å². The van der Waals surface area contributed by atoms with Gasteiger partial charge in [0.1, 0.15) is 18.0 Å². The van der Waals surface area contributed by atoms with E-state index in [-0.39, 0.29) is 5.82 Å². The quantitative estimate of drug-likeness (QED) is 0.484. The lowest BCUT2D eigenvalue weighted by molar-refractivity contribution is 0.619. The number of hydrogen-bond acceptors (Lipinski definition) is 4. The van der Waals surface area contributed by atoms with E-state index in [9.17, 15) is 4.39 Å². The van der Waals surface area contributed by atoms with Crippen molar-refractivity contribution in [2.24, 2.45) is 4.99 Å². The van der Waals surface area contributed by atoms with Gasteiger partial charge in [-0.15, -0.1) is 11.8 Å². The highest BCUT2D eigenvalue weighted by molar-refractivity contribution is 7.99. The molecule has 2 aromatic carbocycles. The normalized spacial score (nSPS) is 13.5. The highest BCUT2D eigenvalue weighted by Gasteiger charge is 2.20. The van der Waals surface area contributed by atoms with Gasteiger partial charge >= 0.3 is 0 Å². The molecular weight excluding hydrogens is 359 g/mol. The van der Waals surface area contributed by atoms with Crippen molar-refractivity contribution in [2.45, 2.75) is 11.3 Å². The summed E-state index contributed by atoms with van der Waals surface area (Å²) < 4.78 is 13.3. The molecule has 0 bridgehead atoms. The van der Waals surface area contributed by atoms with Crippen LogP contribution in [0.3, 0.4) is 0 Å². The maximum Gasteiger partial charge on any atom is 0.161 e. The minimum absolute atomic E-state index is 0.263. The number of thioether (sulfide) groups is 1. The zero-order valence-electron chi connectivity index (χ0n) is 15.2. The Morgan fingerprint density at radius 1 is 1.07 bits per heavy atom. The van der Waals surface area contributed by atoms with E-state index in [2.05, 4.69) is 28.2 Å². The molecule has 3 aromatic rings. The highest BCUT2D eigenvalue weighted by atomic mass is 32.2. The van der Waals surface area contributed by atoms with Gasteiger partial charge < -0.3 is 4.90 Å². The Kier molecular flexibility index (Phi) is 4.90. The summed E-state index contributed by atoms with van der Waals surface area (Å²) in [6, 6.07) is 14.7. The number of rotatable bonds is 2. The van der Waals surface area contributed by atoms with Crippen molar-refractivity contribution in [3.8, 4) is 11.3 Å². The van der Waals surface area contributed by atoms with Gasteiger partial charge in [-0.2, -0.15) is 0 Å². The van der Waals surface area contributed by atoms with E-state index < -0.39 is 0 Å². The number of hydrogen-bond donors (Lipinski definition) is 0. The Morgan fingerprint density at radius 2 is 1.85 bits per heavy atom. The van der Waals surface area contributed by atoms with Crippen molar-refractivity contribution < 1.29 is 4.39 Å². The second-order valence-electron chi connectivity index (χ2n) is 6.46. The van der Waals surface area contributed by atoms with Crippen LogP contribution in [0.1, 0.15) is 11.1 Å². The molecule has 4 rings (SSSR count). The van der Waals surface area contributed by atoms with Crippen molar-refractivity contribution in [3.63, 3.8) is 0 Å². The first-order valence-electron chi connectivity index (χ1n) is 8.71. The molecule has 0 saturated carbocycles. The first-order chi connectivity index (χ1) is 13.1. The molecule has 0 aliphatic carbocycles. The van der Waals surface area contributed by atoms with Gasteiger partial charge in [-0.05, 0) is 36.8 Å². The number of benzene rings is 2. The third-order valence-corrected chi connectivity index (χ3v) is 5.49. The molecule has 0 unspecified atom stereocenters. The van der Waals surface area contributed by atoms with Crippen molar-refractivity contribution in [3.05, 3.63) is 71.8 Å². The fraction of sp³-hybridized carbons (Fsp3) is 0.190. The Hall–Kier alpha value is -2.73. The molecule has 1 aliphatic heterocycles. The molecule has 0 atom stereocenters. The molecule has 0 spiro atoms. The van der Waals surface area contributed by atoms with Gasteiger partial charge in [-0.25, -0.2) is 19.4 Å². The van der Waals surface area contributed by atoms with Gasteiger partial charge in [0.2, 0.25) is 0 Å². The summed E-state index contributed by atoms with van der Waals surface area (Å²) in [4.78, 5) is 17.0. The fourth-order valence-corrected chi connectivity index (χ4v) is 4.16. The number of halogens is 1. The van der Waals surface area contributed by atoms with Gasteiger partial charge in [0.25, 0.3) is 0 Å². The summed E-state index contributed by atoms with van der Waals surface area (Å²) in [7, 11) is 3.85. The largest absolute Gasteiger partial charge is 0.362 e. The van der Waals surface area contributed by atoms with Crippen molar-refractivity contribution in [1.29, 1.82) is 0 Å². The number of fused-ring (bicyclic) bond motifs is 3. The monoisotopic (exact) mass is 378 g/mol. The van der Waals surface area contributed by atoms with Crippen LogP contribution in [0.5, 0.6) is 0 Å². The van der Waals surface area contributed by atoms with E-state index in [0.29, 0.717) is 5.82 Å². The maximum absolute atomic E-state index is 13.3. The lowest BCUT2D eigenvalue weighted by atomic mass is 10.0. The summed E-state index contributed by atoms with van der Waals surface area (Å²) in [5.74, 6) is 2.10. The summed E-state index contributed by atoms with van der Waals surface area (Å²) in [6.07, 6.45) is 2.42. The van der Waals surface area contributed by atoms with Crippen LogP contribution >= 0.6 is 11.8 Å². The summed E-state index contributed by atoms with van der Waals surface area (Å²) in [5.41, 5.74) is 3.97. The molecule has 2 heterocycles. The van der Waals surface area contributed by atoms with Crippen molar-refractivity contribution in [2.75, 3.05) is 19.8 Å². The number of amidine groups is 1. The zero-order valence-corrected chi connectivity index (χ0v) is 16.0. The van der Waals surface area contributed by atoms with Gasteiger partial charge in [-0.3, -0.25) is 0 Å². The van der Waals surface area contributed by atoms with E-state index in [1.54, 1.807) is 18.5 Å². The maximum atomic E-state index is 13.3. The van der Waals surface area contributed by atoms with Crippen LogP contribution in [0.4, 0.5) is 10.2 Å². The molecule has 27 heavy (non-hydrogen) atoms. The predicted molar refractivity (Wildman–Crippen MR) is 108 cm³/mol. The van der Waals surface area contributed by atoms with Crippen LogP contribution in [0.25, 0.3) is 11.3 Å². The Bertz CT molecular complexity index is 999. The summed E-state index contributed by atoms with van der Waals surface area (Å²) in [5, 5.41) is 0. The molecule has 0 radical (unpaired) electrons. The van der Waals surface area contributed by atoms with Gasteiger partial charge in [-0.1, -0.05) is 18.2 Å². The van der Waals surface area contributed by atoms with Gasteiger partial charge in [0.05, 0.1) is 5.69 Å². The predicted octanol–water partition coefficient (Wildman–Crippen LogP) is 4.57. The number of nitrogens with zero attached hydrogens (tertiary/aromatic N) is 4. The standard InChI is InChI=1S/C21H19FN4S/c1-26(2)21(14-7-9-15(22)10-8-14)25-20-17-11-12-27-18-6-4-3-5-16(18)19(17)23-13-24-20/h3-10,13H,11-12H2,1-2H3. The van der Waals surface area contributed by atoms with E-state index in [0.717, 1.165) is 40.4 Å². The summed E-state index contributed by atoms with van der Waals surface area (Å²) in [6.45, 7) is 0. The van der Waals surface area contributed by atoms with Crippen LogP contribution in [0.2, 0.25) is 0 Å². The van der Waals surface area contributed by atoms with E-state index in [1.807, 2.05) is 36.8 Å². The van der Waals surface area contributed by atoms with Crippen LogP contribution in [-0.4, -0.2) is 40.6 Å². The molecule has 1 aromatic heterocycles. The van der Waals surface area contributed by atoms with Crippen molar-refractivity contribution >= 4 is 23.4 Å². The first-order valence-corrected chi connectivity index (χ1v) is 9.70. The Morgan fingerprint density at radius 3 is 2.63 bits per heavy atom. The van der Waals surface area contributed by atoms with E-state index in [4.69, 9.17) is 4.99 Å². The second kappa shape index (κ2) is 7.48. The fourth-order valence-electron chi connectivity index (χ4n) is 3.13. The molecule has 0 N–H and O–H groups in total. The number of aromatic nitrogens is 2. The minimum atomic E-state index is -0.263. The molecule has 6 heteroatoms. The average molecular weight is 378 g/mol. The lowest BCUT2D eigenvalue weighted by Crippen LogP contribution is -2.23. The number of aliphatic imine (C=N–C) groups is 1. The van der Waals surface area contributed by atoms with E-state index >= 15 is 0 Å². The SMILES string of the molecule is CN(C)C(=Nc1ncnc2c1CCSc1ccccc1-2)c1ccc(F)cc1. The molecule has 136 valence electrons. The lowest BCUT2D eigenvalue weighted by Gasteiger charge is -2.17. The molecule has 4 nitrogen and oxygen atoms in total. The zero-order chi connectivity index (χ0) is 18.8. The second-order valence-corrected chi connectivity index (χ2v) is 7.59. The smallest absolute Gasteiger partial charge is 0.161 e. The minimum Gasteiger partial charge on any atom is -0.362 e. The highest BCUT2D eigenvalue weighted by Crippen LogP contribution is 2.38. The molecule has 0 fully saturated rings. The molecule has 0 amide bonds. The van der Waals surface area contributed by atoms with Crippen molar-refractivity contribution in [1.82, 2.24) is 14.9 Å². The Balaban J connectivity index is 1.85. The average Bonchev–Trinajstić information content (AvgIpc) is 2.87. The van der Waals surface area contributed by atoms with Crippen LogP contribution in [-0.2, 0) is 6.42 Å². The van der Waals surface area contributed by atoms with E-state index in [1.165, 1.54) is 17.0 Å². The molecule has 0 saturated heterocycles. The Labute approximate surface area is 162 Å². The summed E-state index contributed by atoms with van der Waals surface area (Å²) >= 11 is 1.83. The first kappa shape index (κ1) is 17.7. The topological polar surface area (TPSA) is 41.4 Å². The third kappa shape index (κ3) is 3.57. The van der Waals surface area contributed by atoms with Crippen LogP contribution < -0.4 is 0 Å². The molecular formula is C21H19FN4S. The van der Waals surface area contributed by atoms with Crippen LogP contribution in [0.15, 0.2) is 64.7 Å².